The van der Waals surface area contributed by atoms with E-state index in [9.17, 15) is 0 Å². The number of rotatable bonds is 3. The summed E-state index contributed by atoms with van der Waals surface area (Å²) in [6.07, 6.45) is -3.88. The number of ether oxygens (including phenoxy) is 6. The lowest BCUT2D eigenvalue weighted by Crippen LogP contribution is -2.55. The SMILES string of the molecule is Clc1cccc(C2OC[C@@H]3OC(c4cccc(Cl)c4)O[C@@H]4COC(c5cccc(Cl)c5)O[C@@H]4[C@H]3O2)c1. The van der Waals surface area contributed by atoms with Crippen molar-refractivity contribution in [2.45, 2.75) is 43.3 Å². The minimum Gasteiger partial charge on any atom is -0.346 e. The molecule has 0 saturated carbocycles. The van der Waals surface area contributed by atoms with Crippen molar-refractivity contribution in [3.63, 3.8) is 0 Å². The second-order valence-electron chi connectivity index (χ2n) is 8.88. The van der Waals surface area contributed by atoms with Crippen molar-refractivity contribution in [1.82, 2.24) is 0 Å². The van der Waals surface area contributed by atoms with Crippen molar-refractivity contribution in [2.75, 3.05) is 13.2 Å². The molecule has 9 heteroatoms. The van der Waals surface area contributed by atoms with Gasteiger partial charge in [-0.3, -0.25) is 0 Å². The Bertz CT molecular complexity index is 1150. The van der Waals surface area contributed by atoms with Crippen LogP contribution in [-0.4, -0.2) is 37.6 Å². The van der Waals surface area contributed by atoms with Crippen LogP contribution in [0.1, 0.15) is 35.6 Å². The quantitative estimate of drug-likeness (QED) is 0.364. The van der Waals surface area contributed by atoms with Gasteiger partial charge in [-0.15, -0.1) is 0 Å². The largest absolute Gasteiger partial charge is 0.346 e. The second-order valence-corrected chi connectivity index (χ2v) is 10.2. The highest BCUT2D eigenvalue weighted by molar-refractivity contribution is 6.31. The zero-order chi connectivity index (χ0) is 24.6. The Morgan fingerprint density at radius 2 is 0.889 bits per heavy atom. The van der Waals surface area contributed by atoms with Crippen molar-refractivity contribution >= 4 is 34.8 Å². The van der Waals surface area contributed by atoms with Crippen molar-refractivity contribution in [2.24, 2.45) is 0 Å². The van der Waals surface area contributed by atoms with E-state index in [0.29, 0.717) is 15.1 Å². The van der Waals surface area contributed by atoms with Gasteiger partial charge in [0, 0.05) is 31.8 Å². The molecule has 0 amide bonds. The van der Waals surface area contributed by atoms with Gasteiger partial charge in [0.2, 0.25) is 0 Å². The Morgan fingerprint density at radius 1 is 0.500 bits per heavy atom. The Labute approximate surface area is 223 Å². The summed E-state index contributed by atoms with van der Waals surface area (Å²) in [5.74, 6) is 0. The molecule has 36 heavy (non-hydrogen) atoms. The van der Waals surface area contributed by atoms with Crippen LogP contribution in [0.5, 0.6) is 0 Å². The Hall–Kier alpha value is -1.71. The van der Waals surface area contributed by atoms with Gasteiger partial charge in [0.05, 0.1) is 13.2 Å². The van der Waals surface area contributed by atoms with Crippen LogP contribution >= 0.6 is 34.8 Å². The van der Waals surface area contributed by atoms with Gasteiger partial charge in [-0.2, -0.15) is 0 Å². The average molecular weight is 550 g/mol. The molecule has 188 valence electrons. The summed E-state index contributed by atoms with van der Waals surface area (Å²) in [5, 5.41) is 1.79. The molecule has 3 aliphatic heterocycles. The first kappa shape index (κ1) is 24.6. The van der Waals surface area contributed by atoms with Crippen molar-refractivity contribution < 1.29 is 28.4 Å². The van der Waals surface area contributed by atoms with Gasteiger partial charge >= 0.3 is 0 Å². The molecule has 6 rings (SSSR count). The van der Waals surface area contributed by atoms with E-state index in [-0.39, 0.29) is 13.2 Å². The van der Waals surface area contributed by atoms with E-state index in [2.05, 4.69) is 0 Å². The molecule has 0 radical (unpaired) electrons. The van der Waals surface area contributed by atoms with Gasteiger partial charge in [-0.05, 0) is 36.4 Å². The molecule has 0 spiro atoms. The fourth-order valence-electron chi connectivity index (χ4n) is 4.72. The van der Waals surface area contributed by atoms with Gasteiger partial charge in [0.1, 0.15) is 24.4 Å². The molecular formula is C27H23Cl3O6. The van der Waals surface area contributed by atoms with Crippen molar-refractivity contribution in [3.8, 4) is 0 Å². The highest BCUT2D eigenvalue weighted by Crippen LogP contribution is 2.42. The zero-order valence-electron chi connectivity index (χ0n) is 19.0. The first-order valence-electron chi connectivity index (χ1n) is 11.6. The van der Waals surface area contributed by atoms with E-state index in [0.717, 1.165) is 16.7 Å². The third kappa shape index (κ3) is 5.16. The molecule has 3 aromatic rings. The van der Waals surface area contributed by atoms with Gasteiger partial charge in [-0.1, -0.05) is 71.2 Å². The summed E-state index contributed by atoms with van der Waals surface area (Å²) in [7, 11) is 0. The fraction of sp³-hybridized carbons (Fsp3) is 0.333. The lowest BCUT2D eigenvalue weighted by Gasteiger charge is -2.42. The van der Waals surface area contributed by atoms with Gasteiger partial charge in [0.15, 0.2) is 18.9 Å². The summed E-state index contributed by atoms with van der Waals surface area (Å²) in [4.78, 5) is 0. The van der Waals surface area contributed by atoms with E-state index in [1.54, 1.807) is 6.07 Å². The normalized spacial score (nSPS) is 32.2. The molecule has 3 saturated heterocycles. The number of halogens is 3. The lowest BCUT2D eigenvalue weighted by atomic mass is 10.0. The van der Waals surface area contributed by atoms with Crippen LogP contribution in [0, 0.1) is 0 Å². The predicted molar refractivity (Wildman–Crippen MR) is 134 cm³/mol. The predicted octanol–water partition coefficient (Wildman–Crippen LogP) is 6.66. The molecule has 3 aliphatic rings. The molecule has 3 fully saturated rings. The highest BCUT2D eigenvalue weighted by Gasteiger charge is 2.50. The molecule has 6 nitrogen and oxygen atoms in total. The minimum atomic E-state index is -0.698. The summed E-state index contributed by atoms with van der Waals surface area (Å²) in [5.41, 5.74) is 2.41. The molecule has 0 aromatic heterocycles. The molecule has 7 atom stereocenters. The summed E-state index contributed by atoms with van der Waals surface area (Å²) < 4.78 is 37.9. The first-order valence-corrected chi connectivity index (χ1v) is 12.8. The van der Waals surface area contributed by atoms with Crippen molar-refractivity contribution in [3.05, 3.63) is 105 Å². The monoisotopic (exact) mass is 548 g/mol. The number of hydrogen-bond acceptors (Lipinski definition) is 6. The molecular weight excluding hydrogens is 527 g/mol. The third-order valence-corrected chi connectivity index (χ3v) is 7.11. The van der Waals surface area contributed by atoms with Gasteiger partial charge in [-0.25, -0.2) is 0 Å². The lowest BCUT2D eigenvalue weighted by molar-refractivity contribution is -0.319. The second kappa shape index (κ2) is 10.6. The van der Waals surface area contributed by atoms with Crippen LogP contribution < -0.4 is 0 Å². The van der Waals surface area contributed by atoms with Gasteiger partial charge in [0.25, 0.3) is 0 Å². The summed E-state index contributed by atoms with van der Waals surface area (Å²) in [6, 6.07) is 22.2. The van der Waals surface area contributed by atoms with Crippen molar-refractivity contribution in [1.29, 1.82) is 0 Å². The van der Waals surface area contributed by atoms with Crippen LogP contribution in [0.2, 0.25) is 15.1 Å². The molecule has 0 N–H and O–H groups in total. The Kier molecular flexibility index (Phi) is 7.23. The summed E-state index contributed by atoms with van der Waals surface area (Å²) >= 11 is 18.7. The molecule has 0 bridgehead atoms. The average Bonchev–Trinajstić information content (AvgIpc) is 3.05. The topological polar surface area (TPSA) is 55.4 Å². The summed E-state index contributed by atoms with van der Waals surface area (Å²) in [6.45, 7) is 0.551. The number of benzene rings is 3. The van der Waals surface area contributed by atoms with E-state index in [4.69, 9.17) is 63.2 Å². The van der Waals surface area contributed by atoms with Crippen LogP contribution in [0.3, 0.4) is 0 Å². The maximum atomic E-state index is 6.48. The van der Waals surface area contributed by atoms with Crippen LogP contribution in [0.4, 0.5) is 0 Å². The van der Waals surface area contributed by atoms with Crippen LogP contribution in [0.25, 0.3) is 0 Å². The smallest absolute Gasteiger partial charge is 0.185 e. The van der Waals surface area contributed by atoms with E-state index in [1.165, 1.54) is 0 Å². The van der Waals surface area contributed by atoms with E-state index in [1.807, 2.05) is 66.7 Å². The molecule has 3 unspecified atom stereocenters. The molecule has 0 aliphatic carbocycles. The maximum absolute atomic E-state index is 6.48. The molecule has 3 aromatic carbocycles. The number of hydrogen-bond donors (Lipinski definition) is 0. The van der Waals surface area contributed by atoms with E-state index >= 15 is 0 Å². The standard InChI is InChI=1S/C27H23Cl3O6/c28-18-7-1-4-15(10-18)25-31-13-21-23(35-25)24-22(34-27(33-21)17-6-3-9-20(30)12-17)14-32-26(36-24)16-5-2-8-19(29)11-16/h1-12,21-27H,13-14H2/t21-,22+,23-,24-,25?,26?,27?/m0/s1. The van der Waals surface area contributed by atoms with Gasteiger partial charge < -0.3 is 28.4 Å². The fourth-order valence-corrected chi connectivity index (χ4v) is 5.32. The Balaban J connectivity index is 1.32. The van der Waals surface area contributed by atoms with E-state index < -0.39 is 43.3 Å². The maximum Gasteiger partial charge on any atom is 0.185 e. The minimum absolute atomic E-state index is 0.275. The first-order chi connectivity index (χ1) is 17.5. The highest BCUT2D eigenvalue weighted by atomic mass is 35.5. The van der Waals surface area contributed by atoms with Crippen LogP contribution in [0.15, 0.2) is 72.8 Å². The third-order valence-electron chi connectivity index (χ3n) is 6.40. The zero-order valence-corrected chi connectivity index (χ0v) is 21.2. The number of fused-ring (bicyclic) bond motifs is 3. The molecule has 3 heterocycles. The van der Waals surface area contributed by atoms with Crippen LogP contribution in [-0.2, 0) is 28.4 Å². The Morgan fingerprint density at radius 3 is 1.28 bits per heavy atom.